The van der Waals surface area contributed by atoms with Crippen molar-refractivity contribution in [2.45, 2.75) is 25.3 Å². The van der Waals surface area contributed by atoms with Crippen LogP contribution in [0.4, 0.5) is 10.1 Å². The molecule has 0 saturated heterocycles. The van der Waals surface area contributed by atoms with Crippen molar-refractivity contribution in [1.82, 2.24) is 9.78 Å². The molecule has 3 nitrogen and oxygen atoms in total. The third kappa shape index (κ3) is 1.98. The molecular weight excluding hydrogens is 229 g/mol. The number of hydrogen-bond acceptors (Lipinski definition) is 2. The highest BCUT2D eigenvalue weighted by molar-refractivity contribution is 5.46. The molecule has 0 spiro atoms. The summed E-state index contributed by atoms with van der Waals surface area (Å²) in [4.78, 5) is 0. The van der Waals surface area contributed by atoms with Gasteiger partial charge in [-0.1, -0.05) is 0 Å². The molecule has 1 N–H and O–H groups in total. The summed E-state index contributed by atoms with van der Waals surface area (Å²) in [7, 11) is 1.99. The maximum absolute atomic E-state index is 12.9. The molecule has 0 fully saturated rings. The Kier molecular flexibility index (Phi) is 2.78. The first-order chi connectivity index (χ1) is 8.74. The topological polar surface area (TPSA) is 29.9 Å². The number of aryl methyl sites for hydroxylation is 1. The van der Waals surface area contributed by atoms with Crippen molar-refractivity contribution in [1.29, 1.82) is 0 Å². The molecule has 0 aliphatic heterocycles. The van der Waals surface area contributed by atoms with E-state index < -0.39 is 0 Å². The third-order valence-corrected chi connectivity index (χ3v) is 3.56. The number of hydrogen-bond donors (Lipinski definition) is 1. The van der Waals surface area contributed by atoms with Gasteiger partial charge in [0.25, 0.3) is 0 Å². The van der Waals surface area contributed by atoms with E-state index in [2.05, 4.69) is 10.4 Å². The van der Waals surface area contributed by atoms with Crippen molar-refractivity contribution in [2.75, 3.05) is 5.32 Å². The minimum Gasteiger partial charge on any atom is -0.378 e. The van der Waals surface area contributed by atoms with Crippen LogP contribution in [-0.4, -0.2) is 9.78 Å². The maximum atomic E-state index is 12.9. The summed E-state index contributed by atoms with van der Waals surface area (Å²) in [5.41, 5.74) is 3.53. The fourth-order valence-electron chi connectivity index (χ4n) is 2.60. The fourth-order valence-corrected chi connectivity index (χ4v) is 2.60. The zero-order chi connectivity index (χ0) is 12.5. The van der Waals surface area contributed by atoms with Crippen LogP contribution in [0.2, 0.25) is 0 Å². The molecule has 1 aliphatic carbocycles. The summed E-state index contributed by atoms with van der Waals surface area (Å²) in [5, 5.41) is 7.78. The highest BCUT2D eigenvalue weighted by Gasteiger charge is 2.23. The normalized spacial score (nSPS) is 18.4. The largest absolute Gasteiger partial charge is 0.378 e. The molecule has 0 saturated carbocycles. The minimum atomic E-state index is -0.203. The summed E-state index contributed by atoms with van der Waals surface area (Å²) in [6.45, 7) is 0. The van der Waals surface area contributed by atoms with Crippen molar-refractivity contribution < 1.29 is 4.39 Å². The fraction of sp³-hybridized carbons (Fsp3) is 0.357. The molecule has 1 heterocycles. The summed E-state index contributed by atoms with van der Waals surface area (Å²) >= 11 is 0. The lowest BCUT2D eigenvalue weighted by Crippen LogP contribution is -2.17. The number of halogens is 1. The number of nitrogens with zero attached hydrogens (tertiary/aromatic N) is 2. The molecule has 2 aromatic rings. The van der Waals surface area contributed by atoms with Gasteiger partial charge in [-0.15, -0.1) is 0 Å². The molecule has 0 bridgehead atoms. The van der Waals surface area contributed by atoms with Crippen LogP contribution in [0.1, 0.15) is 30.1 Å². The van der Waals surface area contributed by atoms with Gasteiger partial charge in [-0.3, -0.25) is 4.68 Å². The summed E-state index contributed by atoms with van der Waals surface area (Å²) in [5.74, 6) is -0.203. The Labute approximate surface area is 106 Å². The van der Waals surface area contributed by atoms with Crippen LogP contribution in [0.15, 0.2) is 30.5 Å². The van der Waals surface area contributed by atoms with Crippen molar-refractivity contribution in [3.63, 3.8) is 0 Å². The summed E-state index contributed by atoms with van der Waals surface area (Å²) in [6.07, 6.45) is 5.28. The van der Waals surface area contributed by atoms with E-state index in [1.54, 1.807) is 12.1 Å². The molecule has 3 rings (SSSR count). The van der Waals surface area contributed by atoms with Crippen LogP contribution in [0.25, 0.3) is 0 Å². The summed E-state index contributed by atoms with van der Waals surface area (Å²) < 4.78 is 14.8. The second-order valence-electron chi connectivity index (χ2n) is 4.77. The van der Waals surface area contributed by atoms with Crippen molar-refractivity contribution in [3.8, 4) is 0 Å². The molecule has 1 aliphatic rings. The van der Waals surface area contributed by atoms with E-state index in [-0.39, 0.29) is 11.9 Å². The average Bonchev–Trinajstić information content (AvgIpc) is 2.76. The van der Waals surface area contributed by atoms with Crippen molar-refractivity contribution in [3.05, 3.63) is 47.5 Å². The highest BCUT2D eigenvalue weighted by Crippen LogP contribution is 2.32. The zero-order valence-corrected chi connectivity index (χ0v) is 10.4. The standard InChI is InChI=1S/C14H16FN3/c1-18-14-4-2-3-13(12(14)9-16-18)17-11-7-5-10(15)6-8-11/h5-9,13,17H,2-4H2,1H3. The molecule has 1 atom stereocenters. The van der Waals surface area contributed by atoms with E-state index in [9.17, 15) is 4.39 Å². The van der Waals surface area contributed by atoms with Gasteiger partial charge in [0.05, 0.1) is 12.2 Å². The average molecular weight is 245 g/mol. The van der Waals surface area contributed by atoms with Gasteiger partial charge in [-0.25, -0.2) is 4.39 Å². The Morgan fingerprint density at radius 1 is 1.33 bits per heavy atom. The molecule has 94 valence electrons. The Hall–Kier alpha value is -1.84. The molecule has 18 heavy (non-hydrogen) atoms. The Bertz CT molecular complexity index is 545. The quantitative estimate of drug-likeness (QED) is 0.881. The Morgan fingerprint density at radius 3 is 2.89 bits per heavy atom. The van der Waals surface area contributed by atoms with Crippen LogP contribution in [0, 0.1) is 5.82 Å². The van der Waals surface area contributed by atoms with Gasteiger partial charge in [-0.05, 0) is 43.5 Å². The lowest BCUT2D eigenvalue weighted by atomic mass is 9.93. The van der Waals surface area contributed by atoms with E-state index >= 15 is 0 Å². The second-order valence-corrected chi connectivity index (χ2v) is 4.77. The lowest BCUT2D eigenvalue weighted by Gasteiger charge is -2.24. The maximum Gasteiger partial charge on any atom is 0.123 e. The van der Waals surface area contributed by atoms with Gasteiger partial charge >= 0.3 is 0 Å². The predicted octanol–water partition coefficient (Wildman–Crippen LogP) is 3.05. The van der Waals surface area contributed by atoms with Crippen molar-refractivity contribution >= 4 is 5.69 Å². The Morgan fingerprint density at radius 2 is 2.11 bits per heavy atom. The van der Waals surface area contributed by atoms with Gasteiger partial charge in [-0.2, -0.15) is 5.10 Å². The van der Waals surface area contributed by atoms with E-state index in [1.807, 2.05) is 17.9 Å². The second kappa shape index (κ2) is 4.44. The molecular formula is C14H16FN3. The number of aromatic nitrogens is 2. The monoisotopic (exact) mass is 245 g/mol. The number of fused-ring (bicyclic) bond motifs is 1. The van der Waals surface area contributed by atoms with Gasteiger partial charge in [0.1, 0.15) is 5.82 Å². The molecule has 1 unspecified atom stereocenters. The van der Waals surface area contributed by atoms with Gasteiger partial charge in [0.15, 0.2) is 0 Å². The van der Waals surface area contributed by atoms with Crippen molar-refractivity contribution in [2.24, 2.45) is 7.05 Å². The molecule has 0 amide bonds. The van der Waals surface area contributed by atoms with Crippen LogP contribution in [-0.2, 0) is 13.5 Å². The highest BCUT2D eigenvalue weighted by atomic mass is 19.1. The zero-order valence-electron chi connectivity index (χ0n) is 10.4. The van der Waals surface area contributed by atoms with Gasteiger partial charge in [0, 0.05) is 24.0 Å². The number of benzene rings is 1. The smallest absolute Gasteiger partial charge is 0.123 e. The third-order valence-electron chi connectivity index (χ3n) is 3.56. The SMILES string of the molecule is Cn1ncc2c1CCCC2Nc1ccc(F)cc1. The predicted molar refractivity (Wildman–Crippen MR) is 68.9 cm³/mol. The first-order valence-electron chi connectivity index (χ1n) is 6.27. The van der Waals surface area contributed by atoms with E-state index in [0.29, 0.717) is 0 Å². The number of nitrogens with one attached hydrogen (secondary N) is 1. The van der Waals surface area contributed by atoms with Crippen LogP contribution in [0.5, 0.6) is 0 Å². The van der Waals surface area contributed by atoms with Gasteiger partial charge < -0.3 is 5.32 Å². The molecule has 1 aromatic carbocycles. The first kappa shape index (κ1) is 11.3. The van der Waals surface area contributed by atoms with Crippen LogP contribution in [0.3, 0.4) is 0 Å². The summed E-state index contributed by atoms with van der Waals surface area (Å²) in [6, 6.07) is 6.80. The van der Waals surface area contributed by atoms with Gasteiger partial charge in [0.2, 0.25) is 0 Å². The van der Waals surface area contributed by atoms with E-state index in [4.69, 9.17) is 0 Å². The number of rotatable bonds is 2. The van der Waals surface area contributed by atoms with E-state index in [0.717, 1.165) is 24.9 Å². The van der Waals surface area contributed by atoms with Crippen LogP contribution >= 0.6 is 0 Å². The molecule has 0 radical (unpaired) electrons. The molecule has 1 aromatic heterocycles. The minimum absolute atomic E-state index is 0.203. The first-order valence-corrected chi connectivity index (χ1v) is 6.27. The molecule has 4 heteroatoms. The Balaban J connectivity index is 1.84. The lowest BCUT2D eigenvalue weighted by molar-refractivity contribution is 0.571. The number of anilines is 1. The van der Waals surface area contributed by atoms with Crippen LogP contribution < -0.4 is 5.32 Å². The van der Waals surface area contributed by atoms with E-state index in [1.165, 1.54) is 23.4 Å².